The number of anilines is 1. The molecule has 0 aliphatic carbocycles. The molecule has 0 aliphatic rings. The fraction of sp³-hybridized carbons (Fsp3) is 0.200. The zero-order valence-corrected chi connectivity index (χ0v) is 17.2. The third kappa shape index (κ3) is 4.10. The zero-order valence-electron chi connectivity index (χ0n) is 15.7. The molecule has 0 amide bonds. The molecular weight excluding hydrogens is 402 g/mol. The van der Waals surface area contributed by atoms with Crippen molar-refractivity contribution in [2.45, 2.75) is 11.8 Å². The van der Waals surface area contributed by atoms with Gasteiger partial charge in [0, 0.05) is 12.1 Å². The Balaban J connectivity index is 2.01. The van der Waals surface area contributed by atoms with Crippen LogP contribution in [0.5, 0.6) is 17.2 Å². The van der Waals surface area contributed by atoms with Crippen molar-refractivity contribution in [1.29, 1.82) is 0 Å². The predicted octanol–water partition coefficient (Wildman–Crippen LogP) is 4.71. The van der Waals surface area contributed by atoms with Crippen molar-refractivity contribution >= 4 is 38.1 Å². The number of nitrogens with one attached hydrogen (secondary N) is 1. The van der Waals surface area contributed by atoms with E-state index in [0.29, 0.717) is 23.1 Å². The summed E-state index contributed by atoms with van der Waals surface area (Å²) in [6.07, 6.45) is 0. The number of halogens is 1. The molecule has 0 saturated heterocycles. The summed E-state index contributed by atoms with van der Waals surface area (Å²) in [5.74, 6) is 1.30. The van der Waals surface area contributed by atoms with Crippen LogP contribution in [0.25, 0.3) is 10.8 Å². The van der Waals surface area contributed by atoms with E-state index in [2.05, 4.69) is 4.72 Å². The normalized spacial score (nSPS) is 11.3. The van der Waals surface area contributed by atoms with Crippen molar-refractivity contribution in [1.82, 2.24) is 0 Å². The lowest BCUT2D eigenvalue weighted by atomic mass is 10.1. The Morgan fingerprint density at radius 3 is 2.32 bits per heavy atom. The topological polar surface area (TPSA) is 73.9 Å². The molecular formula is C20H20ClNO5S. The summed E-state index contributed by atoms with van der Waals surface area (Å²) in [5, 5.41) is 1.99. The molecule has 1 N–H and O–H groups in total. The SMILES string of the molecule is CCOc1ccc2ccc(S(=O)(=O)Nc3cc(OC)c(Cl)cc3OC)cc2c1. The number of hydrogen-bond donors (Lipinski definition) is 1. The Bertz CT molecular complexity index is 1120. The second-order valence-corrected chi connectivity index (χ2v) is 7.99. The minimum Gasteiger partial charge on any atom is -0.495 e. The van der Waals surface area contributed by atoms with Crippen LogP contribution in [0, 0.1) is 0 Å². The van der Waals surface area contributed by atoms with Gasteiger partial charge in [-0.3, -0.25) is 4.72 Å². The Hall–Kier alpha value is -2.64. The smallest absolute Gasteiger partial charge is 0.262 e. The van der Waals surface area contributed by atoms with Gasteiger partial charge in [-0.15, -0.1) is 0 Å². The summed E-state index contributed by atoms with van der Waals surface area (Å²) in [4.78, 5) is 0.115. The van der Waals surface area contributed by atoms with Crippen LogP contribution >= 0.6 is 11.6 Å². The van der Waals surface area contributed by atoms with E-state index in [1.807, 2.05) is 25.1 Å². The van der Waals surface area contributed by atoms with Crippen molar-refractivity contribution in [3.8, 4) is 17.2 Å². The highest BCUT2D eigenvalue weighted by molar-refractivity contribution is 7.92. The van der Waals surface area contributed by atoms with Crippen LogP contribution in [0.1, 0.15) is 6.92 Å². The largest absolute Gasteiger partial charge is 0.495 e. The van der Waals surface area contributed by atoms with Crippen molar-refractivity contribution in [2.24, 2.45) is 0 Å². The third-order valence-corrected chi connectivity index (χ3v) is 5.78. The first kappa shape index (κ1) is 20.1. The lowest BCUT2D eigenvalue weighted by Crippen LogP contribution is -2.13. The Kier molecular flexibility index (Phi) is 5.86. The maximum atomic E-state index is 12.9. The molecule has 0 spiro atoms. The van der Waals surface area contributed by atoms with E-state index in [0.717, 1.165) is 10.8 Å². The Morgan fingerprint density at radius 2 is 1.64 bits per heavy atom. The van der Waals surface area contributed by atoms with Gasteiger partial charge in [0.2, 0.25) is 0 Å². The van der Waals surface area contributed by atoms with E-state index in [-0.39, 0.29) is 16.3 Å². The highest BCUT2D eigenvalue weighted by Gasteiger charge is 2.19. The summed E-state index contributed by atoms with van der Waals surface area (Å²) in [6, 6.07) is 13.4. The number of sulfonamides is 1. The number of hydrogen-bond acceptors (Lipinski definition) is 5. The molecule has 6 nitrogen and oxygen atoms in total. The molecule has 148 valence electrons. The van der Waals surface area contributed by atoms with Crippen molar-refractivity contribution in [2.75, 3.05) is 25.5 Å². The van der Waals surface area contributed by atoms with Crippen LogP contribution in [-0.4, -0.2) is 29.2 Å². The fourth-order valence-electron chi connectivity index (χ4n) is 2.77. The van der Waals surface area contributed by atoms with Crippen molar-refractivity contribution < 1.29 is 22.6 Å². The van der Waals surface area contributed by atoms with Crippen LogP contribution < -0.4 is 18.9 Å². The molecule has 0 atom stereocenters. The molecule has 28 heavy (non-hydrogen) atoms. The summed E-state index contributed by atoms with van der Waals surface area (Å²) in [5.41, 5.74) is 0.229. The molecule has 3 aromatic rings. The Labute approximate surface area is 169 Å². The molecule has 0 bridgehead atoms. The summed E-state index contributed by atoms with van der Waals surface area (Å²) < 4.78 is 44.3. The number of ether oxygens (including phenoxy) is 3. The highest BCUT2D eigenvalue weighted by Crippen LogP contribution is 2.37. The van der Waals surface area contributed by atoms with Crippen LogP contribution in [0.2, 0.25) is 5.02 Å². The molecule has 0 radical (unpaired) electrons. The lowest BCUT2D eigenvalue weighted by Gasteiger charge is -2.14. The molecule has 0 heterocycles. The average molecular weight is 422 g/mol. The van der Waals surface area contributed by atoms with Crippen LogP contribution in [0.3, 0.4) is 0 Å². The highest BCUT2D eigenvalue weighted by atomic mass is 35.5. The molecule has 3 rings (SSSR count). The number of benzene rings is 3. The fourth-order valence-corrected chi connectivity index (χ4v) is 4.10. The van der Waals surface area contributed by atoms with E-state index in [9.17, 15) is 8.42 Å². The number of rotatable bonds is 7. The van der Waals surface area contributed by atoms with Gasteiger partial charge in [-0.05, 0) is 42.0 Å². The zero-order chi connectivity index (χ0) is 20.3. The van der Waals surface area contributed by atoms with Gasteiger partial charge >= 0.3 is 0 Å². The van der Waals surface area contributed by atoms with Gasteiger partial charge in [0.05, 0.1) is 36.4 Å². The maximum absolute atomic E-state index is 12.9. The van der Waals surface area contributed by atoms with Crippen molar-refractivity contribution in [3.05, 3.63) is 53.6 Å². The quantitative estimate of drug-likeness (QED) is 0.598. The van der Waals surface area contributed by atoms with Crippen LogP contribution in [-0.2, 0) is 10.0 Å². The minimum absolute atomic E-state index is 0.115. The third-order valence-electron chi connectivity index (χ3n) is 4.12. The molecule has 0 fully saturated rings. The second kappa shape index (κ2) is 8.16. The summed E-state index contributed by atoms with van der Waals surface area (Å²) in [7, 11) is -0.988. The van der Waals surface area contributed by atoms with E-state index in [1.165, 1.54) is 26.4 Å². The van der Waals surface area contributed by atoms with Crippen LogP contribution in [0.15, 0.2) is 53.4 Å². The van der Waals surface area contributed by atoms with Gasteiger partial charge in [-0.1, -0.05) is 23.7 Å². The predicted molar refractivity (Wildman–Crippen MR) is 110 cm³/mol. The van der Waals surface area contributed by atoms with Gasteiger partial charge < -0.3 is 14.2 Å². The summed E-state index contributed by atoms with van der Waals surface area (Å²) >= 11 is 6.08. The van der Waals surface area contributed by atoms with Gasteiger partial charge in [0.25, 0.3) is 10.0 Å². The lowest BCUT2D eigenvalue weighted by molar-refractivity contribution is 0.341. The molecule has 3 aromatic carbocycles. The second-order valence-electron chi connectivity index (χ2n) is 5.90. The van der Waals surface area contributed by atoms with E-state index in [4.69, 9.17) is 25.8 Å². The van der Waals surface area contributed by atoms with Gasteiger partial charge in [0.15, 0.2) is 0 Å². The minimum atomic E-state index is -3.87. The van der Waals surface area contributed by atoms with E-state index in [1.54, 1.807) is 18.2 Å². The van der Waals surface area contributed by atoms with Gasteiger partial charge in [-0.2, -0.15) is 0 Å². The van der Waals surface area contributed by atoms with E-state index >= 15 is 0 Å². The Morgan fingerprint density at radius 1 is 0.929 bits per heavy atom. The molecule has 0 aromatic heterocycles. The molecule has 0 aliphatic heterocycles. The average Bonchev–Trinajstić information content (AvgIpc) is 2.68. The number of methoxy groups -OCH3 is 2. The maximum Gasteiger partial charge on any atom is 0.262 e. The van der Waals surface area contributed by atoms with Gasteiger partial charge in [-0.25, -0.2) is 8.42 Å². The molecule has 0 saturated carbocycles. The van der Waals surface area contributed by atoms with Gasteiger partial charge in [0.1, 0.15) is 17.2 Å². The van der Waals surface area contributed by atoms with Crippen molar-refractivity contribution in [3.63, 3.8) is 0 Å². The first-order valence-electron chi connectivity index (χ1n) is 8.49. The standard InChI is InChI=1S/C20H20ClNO5S/c1-4-27-15-7-5-13-6-8-16(10-14(13)9-15)28(23,24)22-18-12-19(25-2)17(21)11-20(18)26-3/h5-12,22H,4H2,1-3H3. The summed E-state index contributed by atoms with van der Waals surface area (Å²) in [6.45, 7) is 2.42. The monoisotopic (exact) mass is 421 g/mol. The van der Waals surface area contributed by atoms with E-state index < -0.39 is 10.0 Å². The first-order chi connectivity index (χ1) is 13.4. The van der Waals surface area contributed by atoms with Crippen LogP contribution in [0.4, 0.5) is 5.69 Å². The first-order valence-corrected chi connectivity index (χ1v) is 10.3. The molecule has 0 unspecified atom stereocenters. The number of fused-ring (bicyclic) bond motifs is 1. The molecule has 8 heteroatoms.